The van der Waals surface area contributed by atoms with Gasteiger partial charge in [0, 0.05) is 11.7 Å². The van der Waals surface area contributed by atoms with Crippen LogP contribution in [0.1, 0.15) is 29.9 Å². The van der Waals surface area contributed by atoms with E-state index in [0.29, 0.717) is 22.3 Å². The molecule has 3 aromatic rings. The van der Waals surface area contributed by atoms with E-state index in [1.165, 1.54) is 18.0 Å². The van der Waals surface area contributed by atoms with Gasteiger partial charge in [-0.3, -0.25) is 4.79 Å². The molecule has 0 N–H and O–H groups in total. The van der Waals surface area contributed by atoms with E-state index in [9.17, 15) is 9.59 Å². The molecule has 0 unspecified atom stereocenters. The van der Waals surface area contributed by atoms with Crippen molar-refractivity contribution in [2.24, 2.45) is 0 Å². The number of hydrogen-bond acceptors (Lipinski definition) is 7. The molecule has 0 fully saturated rings. The lowest BCUT2D eigenvalue weighted by Crippen LogP contribution is -2.40. The van der Waals surface area contributed by atoms with Gasteiger partial charge in [-0.15, -0.1) is 11.8 Å². The number of furan rings is 1. The quantitative estimate of drug-likeness (QED) is 0.316. The highest BCUT2D eigenvalue weighted by Gasteiger charge is 2.24. The van der Waals surface area contributed by atoms with Gasteiger partial charge in [0.1, 0.15) is 10.6 Å². The molecule has 7 nitrogen and oxygen atoms in total. The summed E-state index contributed by atoms with van der Waals surface area (Å²) in [4.78, 5) is 35.9. The van der Waals surface area contributed by atoms with E-state index in [4.69, 9.17) is 9.15 Å². The lowest BCUT2D eigenvalue weighted by atomic mass is 10.2. The van der Waals surface area contributed by atoms with Gasteiger partial charge in [-0.25, -0.2) is 14.8 Å². The molecule has 1 aromatic carbocycles. The molecule has 2 heterocycles. The van der Waals surface area contributed by atoms with E-state index >= 15 is 0 Å². The van der Waals surface area contributed by atoms with Gasteiger partial charge in [-0.05, 0) is 51.3 Å². The minimum atomic E-state index is -0.632. The number of rotatable bonds is 7. The minimum absolute atomic E-state index is 0.0852. The molecule has 156 valence electrons. The molecule has 0 bridgehead atoms. The van der Waals surface area contributed by atoms with Crippen LogP contribution in [0.15, 0.2) is 58.2 Å². The molecule has 3 rings (SSSR count). The standard InChI is InChI=1S/C22H23N3O4S/c1-14(2)25(16-9-6-5-7-10-16)18(26)13-29-22(27)19-15(3)23-20(24-21(19)30-4)17-11-8-12-28-17/h5-12,14H,13H2,1-4H3. The summed E-state index contributed by atoms with van der Waals surface area (Å²) in [7, 11) is 0. The van der Waals surface area contributed by atoms with E-state index in [2.05, 4.69) is 9.97 Å². The minimum Gasteiger partial charge on any atom is -0.461 e. The van der Waals surface area contributed by atoms with Crippen LogP contribution in [-0.2, 0) is 9.53 Å². The number of amides is 1. The molecule has 0 atom stereocenters. The van der Waals surface area contributed by atoms with Crippen molar-refractivity contribution in [3.05, 3.63) is 60.0 Å². The third kappa shape index (κ3) is 4.71. The van der Waals surface area contributed by atoms with Crippen molar-refractivity contribution < 1.29 is 18.7 Å². The second-order valence-electron chi connectivity index (χ2n) is 6.76. The van der Waals surface area contributed by atoms with Crippen LogP contribution in [0.5, 0.6) is 0 Å². The molecule has 0 saturated carbocycles. The third-order valence-corrected chi connectivity index (χ3v) is 5.02. The van der Waals surface area contributed by atoms with E-state index < -0.39 is 5.97 Å². The van der Waals surface area contributed by atoms with Crippen molar-refractivity contribution in [3.8, 4) is 11.6 Å². The molecule has 30 heavy (non-hydrogen) atoms. The fourth-order valence-electron chi connectivity index (χ4n) is 3.03. The fourth-order valence-corrected chi connectivity index (χ4v) is 3.65. The summed E-state index contributed by atoms with van der Waals surface area (Å²) in [5.41, 5.74) is 1.46. The average Bonchev–Trinajstić information content (AvgIpc) is 3.27. The number of hydrogen-bond donors (Lipinski definition) is 0. The lowest BCUT2D eigenvalue weighted by molar-refractivity contribution is -0.122. The molecule has 0 spiro atoms. The summed E-state index contributed by atoms with van der Waals surface area (Å²) in [6, 6.07) is 12.7. The van der Waals surface area contributed by atoms with Crippen molar-refractivity contribution in [2.75, 3.05) is 17.8 Å². The number of anilines is 1. The predicted molar refractivity (Wildman–Crippen MR) is 116 cm³/mol. The zero-order valence-electron chi connectivity index (χ0n) is 17.3. The second kappa shape index (κ2) is 9.58. The van der Waals surface area contributed by atoms with Gasteiger partial charge in [0.05, 0.1) is 12.0 Å². The van der Waals surface area contributed by atoms with Crippen molar-refractivity contribution >= 4 is 29.3 Å². The highest BCUT2D eigenvalue weighted by Crippen LogP contribution is 2.26. The Balaban J connectivity index is 1.78. The van der Waals surface area contributed by atoms with E-state index in [-0.39, 0.29) is 24.1 Å². The maximum atomic E-state index is 12.8. The summed E-state index contributed by atoms with van der Waals surface area (Å²) < 4.78 is 10.7. The number of esters is 1. The highest BCUT2D eigenvalue weighted by atomic mass is 32.2. The molecule has 1 amide bonds. The maximum Gasteiger partial charge on any atom is 0.343 e. The van der Waals surface area contributed by atoms with Crippen molar-refractivity contribution in [2.45, 2.75) is 31.8 Å². The number of nitrogens with zero attached hydrogens (tertiary/aromatic N) is 3. The second-order valence-corrected chi connectivity index (χ2v) is 7.56. The van der Waals surface area contributed by atoms with Gasteiger partial charge in [0.2, 0.25) is 0 Å². The molecule has 0 saturated heterocycles. The molecule has 2 aromatic heterocycles. The molecular weight excluding hydrogens is 402 g/mol. The number of benzene rings is 1. The Labute approximate surface area is 179 Å². The summed E-state index contributed by atoms with van der Waals surface area (Å²) in [5.74, 6) is -0.0301. The Morgan fingerprint density at radius 2 is 1.87 bits per heavy atom. The third-order valence-electron chi connectivity index (χ3n) is 4.34. The molecule has 0 aliphatic rings. The number of thioether (sulfide) groups is 1. The van der Waals surface area contributed by atoms with Crippen molar-refractivity contribution in [1.29, 1.82) is 0 Å². The van der Waals surface area contributed by atoms with Gasteiger partial charge < -0.3 is 14.1 Å². The smallest absolute Gasteiger partial charge is 0.343 e. The van der Waals surface area contributed by atoms with Gasteiger partial charge in [0.15, 0.2) is 18.2 Å². The van der Waals surface area contributed by atoms with Crippen LogP contribution in [0.3, 0.4) is 0 Å². The predicted octanol–water partition coefficient (Wildman–Crippen LogP) is 4.37. The highest BCUT2D eigenvalue weighted by molar-refractivity contribution is 7.98. The molecule has 0 aliphatic carbocycles. The van der Waals surface area contributed by atoms with E-state index in [1.54, 1.807) is 24.0 Å². The Kier molecular flexibility index (Phi) is 6.89. The lowest BCUT2D eigenvalue weighted by Gasteiger charge is -2.26. The number of carbonyl (C=O) groups excluding carboxylic acids is 2. The van der Waals surface area contributed by atoms with Gasteiger partial charge in [0.25, 0.3) is 5.91 Å². The first kappa shape index (κ1) is 21.6. The Morgan fingerprint density at radius 3 is 2.47 bits per heavy atom. The van der Waals surface area contributed by atoms with Crippen molar-refractivity contribution in [3.63, 3.8) is 0 Å². The summed E-state index contributed by atoms with van der Waals surface area (Å²) in [6.07, 6.45) is 3.35. The number of para-hydroxylation sites is 1. The normalized spacial score (nSPS) is 10.8. The Bertz CT molecular complexity index is 1020. The Hall–Kier alpha value is -3.13. The average molecular weight is 426 g/mol. The summed E-state index contributed by atoms with van der Waals surface area (Å²) in [6.45, 7) is 5.14. The first-order valence-corrected chi connectivity index (χ1v) is 10.7. The van der Waals surface area contributed by atoms with Crippen LogP contribution in [0, 0.1) is 6.92 Å². The SMILES string of the molecule is CSc1nc(-c2ccco2)nc(C)c1C(=O)OCC(=O)N(c1ccccc1)C(C)C. The molecule has 0 aliphatic heterocycles. The number of aromatic nitrogens is 2. The topological polar surface area (TPSA) is 85.5 Å². The van der Waals surface area contributed by atoms with E-state index in [0.717, 1.165) is 5.69 Å². The number of ether oxygens (including phenoxy) is 1. The first-order valence-electron chi connectivity index (χ1n) is 9.43. The van der Waals surface area contributed by atoms with Crippen LogP contribution in [0.2, 0.25) is 0 Å². The number of aryl methyl sites for hydroxylation is 1. The van der Waals surface area contributed by atoms with Crippen LogP contribution in [0.4, 0.5) is 5.69 Å². The number of carbonyl (C=O) groups is 2. The first-order chi connectivity index (χ1) is 14.4. The molecular formula is C22H23N3O4S. The monoisotopic (exact) mass is 425 g/mol. The maximum absolute atomic E-state index is 12.8. The largest absolute Gasteiger partial charge is 0.461 e. The van der Waals surface area contributed by atoms with Crippen molar-refractivity contribution in [1.82, 2.24) is 9.97 Å². The zero-order valence-corrected chi connectivity index (χ0v) is 18.1. The van der Waals surface area contributed by atoms with Gasteiger partial charge in [-0.1, -0.05) is 18.2 Å². The van der Waals surface area contributed by atoms with Crippen LogP contribution in [-0.4, -0.2) is 40.7 Å². The molecule has 8 heteroatoms. The summed E-state index contributed by atoms with van der Waals surface area (Å²) >= 11 is 1.30. The van der Waals surface area contributed by atoms with Crippen LogP contribution < -0.4 is 4.90 Å². The Morgan fingerprint density at radius 1 is 1.13 bits per heavy atom. The van der Waals surface area contributed by atoms with Gasteiger partial charge in [-0.2, -0.15) is 0 Å². The fraction of sp³-hybridized carbons (Fsp3) is 0.273. The van der Waals surface area contributed by atoms with Crippen LogP contribution in [0.25, 0.3) is 11.6 Å². The molecule has 0 radical (unpaired) electrons. The van der Waals surface area contributed by atoms with Gasteiger partial charge >= 0.3 is 5.97 Å². The van der Waals surface area contributed by atoms with Crippen LogP contribution >= 0.6 is 11.8 Å². The van der Waals surface area contributed by atoms with E-state index in [1.807, 2.05) is 50.4 Å². The zero-order chi connectivity index (χ0) is 21.7. The summed E-state index contributed by atoms with van der Waals surface area (Å²) in [5, 5.41) is 0.468.